The lowest BCUT2D eigenvalue weighted by atomic mass is 9.68. The van der Waals surface area contributed by atoms with Gasteiger partial charge in [0.15, 0.2) is 0 Å². The minimum Gasteiger partial charge on any atom is -0.508 e. The lowest BCUT2D eigenvalue weighted by Crippen LogP contribution is -2.50. The lowest BCUT2D eigenvalue weighted by Gasteiger charge is -2.45. The Hall–Kier alpha value is -3.35. The minimum absolute atomic E-state index is 0. The Morgan fingerprint density at radius 2 is 1.69 bits per heavy atom. The zero-order chi connectivity index (χ0) is 27.0. The highest BCUT2D eigenvalue weighted by molar-refractivity contribution is 5.85. The first kappa shape index (κ1) is 30.2. The van der Waals surface area contributed by atoms with Crippen molar-refractivity contribution in [2.75, 3.05) is 26.2 Å². The molecule has 6 nitrogen and oxygen atoms in total. The molecule has 0 aliphatic carbocycles. The van der Waals surface area contributed by atoms with E-state index >= 15 is 0 Å². The van der Waals surface area contributed by atoms with Gasteiger partial charge in [-0.25, -0.2) is 0 Å². The normalized spacial score (nSPS) is 19.9. The highest BCUT2D eigenvalue weighted by atomic mass is 35.5. The van der Waals surface area contributed by atoms with Crippen LogP contribution in [-0.2, 0) is 32.8 Å². The number of carbonyl (C=O) groups excluding carboxylic acids is 2. The molecule has 0 radical (unpaired) electrons. The van der Waals surface area contributed by atoms with E-state index in [1.165, 1.54) is 0 Å². The second kappa shape index (κ2) is 14.2. The van der Waals surface area contributed by atoms with Crippen molar-refractivity contribution in [2.24, 2.45) is 11.8 Å². The number of ether oxygens (including phenoxy) is 1. The number of likely N-dealkylation sites (tertiary alicyclic amines) is 1. The van der Waals surface area contributed by atoms with Gasteiger partial charge >= 0.3 is 5.97 Å². The number of nitrogens with one attached hydrogen (secondary N) is 1. The maximum absolute atomic E-state index is 13.3. The Kier molecular flexibility index (Phi) is 11.0. The quantitative estimate of drug-likeness (QED) is 0.342. The van der Waals surface area contributed by atoms with Gasteiger partial charge in [0.05, 0.1) is 5.92 Å². The summed E-state index contributed by atoms with van der Waals surface area (Å²) in [7, 11) is 0. The number of phenols is 1. The molecule has 1 aliphatic rings. The van der Waals surface area contributed by atoms with E-state index in [0.29, 0.717) is 24.6 Å². The van der Waals surface area contributed by atoms with Gasteiger partial charge in [0.2, 0.25) is 5.91 Å². The maximum Gasteiger partial charge on any atom is 0.325 e. The van der Waals surface area contributed by atoms with Crippen molar-refractivity contribution in [3.8, 4) is 5.75 Å². The molecule has 1 saturated heterocycles. The summed E-state index contributed by atoms with van der Waals surface area (Å²) in [5.74, 6) is -0.253. The van der Waals surface area contributed by atoms with Crippen LogP contribution in [0, 0.1) is 11.8 Å². The zero-order valence-corrected chi connectivity index (χ0v) is 23.5. The predicted molar refractivity (Wildman–Crippen MR) is 156 cm³/mol. The molecule has 3 unspecified atom stereocenters. The van der Waals surface area contributed by atoms with Crippen LogP contribution in [0.5, 0.6) is 5.75 Å². The minimum atomic E-state index is -0.450. The van der Waals surface area contributed by atoms with Crippen LogP contribution in [-0.4, -0.2) is 48.1 Å². The number of piperidine rings is 1. The van der Waals surface area contributed by atoms with E-state index in [1.54, 1.807) is 6.07 Å². The Labute approximate surface area is 237 Å². The van der Waals surface area contributed by atoms with Crippen LogP contribution in [0.1, 0.15) is 37.0 Å². The molecule has 0 bridgehead atoms. The van der Waals surface area contributed by atoms with E-state index in [1.807, 2.05) is 72.8 Å². The number of amides is 1. The first-order valence-electron chi connectivity index (χ1n) is 13.4. The van der Waals surface area contributed by atoms with E-state index in [2.05, 4.69) is 30.1 Å². The van der Waals surface area contributed by atoms with Gasteiger partial charge in [-0.1, -0.05) is 86.6 Å². The van der Waals surface area contributed by atoms with Crippen molar-refractivity contribution >= 4 is 24.3 Å². The number of halogens is 1. The number of hydrogen-bond donors (Lipinski definition) is 2. The molecular formula is C32H39ClN2O4. The molecule has 3 aromatic rings. The molecule has 1 amide bonds. The first-order valence-corrected chi connectivity index (χ1v) is 13.4. The van der Waals surface area contributed by atoms with Crippen molar-refractivity contribution < 1.29 is 19.4 Å². The van der Waals surface area contributed by atoms with Gasteiger partial charge in [-0.05, 0) is 59.5 Å². The smallest absolute Gasteiger partial charge is 0.325 e. The fraction of sp³-hybridized carbons (Fsp3) is 0.375. The number of esters is 1. The van der Waals surface area contributed by atoms with Crippen LogP contribution in [0.15, 0.2) is 84.9 Å². The molecule has 208 valence electrons. The van der Waals surface area contributed by atoms with Gasteiger partial charge in [-0.2, -0.15) is 0 Å². The Balaban J connectivity index is 0.00000420. The molecule has 1 heterocycles. The molecular weight excluding hydrogens is 512 g/mol. The lowest BCUT2D eigenvalue weighted by molar-refractivity contribution is -0.145. The molecule has 1 aliphatic heterocycles. The number of nitrogens with zero attached hydrogens (tertiary/aromatic N) is 1. The number of rotatable bonds is 10. The largest absolute Gasteiger partial charge is 0.508 e. The summed E-state index contributed by atoms with van der Waals surface area (Å²) in [6, 6.07) is 27.1. The number of phenolic OH excluding ortho intramolecular Hbond substituents is 1. The Morgan fingerprint density at radius 1 is 1.03 bits per heavy atom. The number of hydrogen-bond acceptors (Lipinski definition) is 5. The monoisotopic (exact) mass is 550 g/mol. The standard InChI is InChI=1S/C32H38N2O4.ClH/c1-24-21-34(17-16-32(24,2)28-14-9-15-29(35)19-28)22-27(18-25-10-5-3-6-11-25)31(37)33-20-30(36)38-23-26-12-7-4-8-13-26;/h3-15,19,24,27,35H,16-18,20-23H2,1-2H3,(H,33,37);1H. The van der Waals surface area contributed by atoms with Crippen molar-refractivity contribution in [1.82, 2.24) is 10.2 Å². The summed E-state index contributed by atoms with van der Waals surface area (Å²) in [6.45, 7) is 6.86. The third-order valence-electron chi connectivity index (χ3n) is 7.90. The molecule has 0 saturated carbocycles. The molecule has 1 fully saturated rings. The van der Waals surface area contributed by atoms with E-state index < -0.39 is 5.97 Å². The molecule has 0 aromatic heterocycles. The van der Waals surface area contributed by atoms with E-state index in [4.69, 9.17) is 4.74 Å². The first-order chi connectivity index (χ1) is 18.3. The average Bonchev–Trinajstić information content (AvgIpc) is 2.93. The maximum atomic E-state index is 13.3. The van der Waals surface area contributed by atoms with Crippen LogP contribution in [0.25, 0.3) is 0 Å². The summed E-state index contributed by atoms with van der Waals surface area (Å²) in [5, 5.41) is 12.8. The van der Waals surface area contributed by atoms with Gasteiger partial charge < -0.3 is 20.1 Å². The molecule has 7 heteroatoms. The molecule has 3 aromatic carbocycles. The number of benzene rings is 3. The van der Waals surface area contributed by atoms with Crippen LogP contribution in [0.2, 0.25) is 0 Å². The fourth-order valence-corrected chi connectivity index (χ4v) is 5.32. The topological polar surface area (TPSA) is 78.9 Å². The third kappa shape index (κ3) is 8.32. The summed E-state index contributed by atoms with van der Waals surface area (Å²) in [6.07, 6.45) is 1.53. The van der Waals surface area contributed by atoms with Crippen LogP contribution >= 0.6 is 12.4 Å². The van der Waals surface area contributed by atoms with Gasteiger partial charge in [-0.3, -0.25) is 9.59 Å². The van der Waals surface area contributed by atoms with Crippen molar-refractivity contribution in [3.05, 3.63) is 102 Å². The highest BCUT2D eigenvalue weighted by Crippen LogP contribution is 2.40. The zero-order valence-electron chi connectivity index (χ0n) is 22.7. The molecule has 3 atom stereocenters. The van der Waals surface area contributed by atoms with Crippen LogP contribution in [0.3, 0.4) is 0 Å². The molecule has 0 spiro atoms. The van der Waals surface area contributed by atoms with Crippen LogP contribution in [0.4, 0.5) is 0 Å². The van der Waals surface area contributed by atoms with Gasteiger partial charge in [-0.15, -0.1) is 12.4 Å². The van der Waals surface area contributed by atoms with E-state index in [9.17, 15) is 14.7 Å². The molecule has 2 N–H and O–H groups in total. The molecule has 4 rings (SSSR count). The summed E-state index contributed by atoms with van der Waals surface area (Å²) < 4.78 is 5.33. The fourth-order valence-electron chi connectivity index (χ4n) is 5.32. The second-order valence-electron chi connectivity index (χ2n) is 10.6. The van der Waals surface area contributed by atoms with Gasteiger partial charge in [0, 0.05) is 13.1 Å². The van der Waals surface area contributed by atoms with Crippen molar-refractivity contribution in [1.29, 1.82) is 0 Å². The molecule has 39 heavy (non-hydrogen) atoms. The summed E-state index contributed by atoms with van der Waals surface area (Å²) >= 11 is 0. The van der Waals surface area contributed by atoms with Crippen LogP contribution < -0.4 is 5.32 Å². The Bertz CT molecular complexity index is 1210. The van der Waals surface area contributed by atoms with Crippen molar-refractivity contribution in [3.63, 3.8) is 0 Å². The van der Waals surface area contributed by atoms with E-state index in [-0.39, 0.29) is 42.8 Å². The predicted octanol–water partition coefficient (Wildman–Crippen LogP) is 5.13. The number of carbonyl (C=O) groups is 2. The Morgan fingerprint density at radius 3 is 2.33 bits per heavy atom. The summed E-state index contributed by atoms with van der Waals surface area (Å²) in [5.41, 5.74) is 3.10. The van der Waals surface area contributed by atoms with Gasteiger partial charge in [0.1, 0.15) is 18.9 Å². The third-order valence-corrected chi connectivity index (χ3v) is 7.90. The highest BCUT2D eigenvalue weighted by Gasteiger charge is 2.39. The number of aromatic hydroxyl groups is 1. The second-order valence-corrected chi connectivity index (χ2v) is 10.6. The van der Waals surface area contributed by atoms with Gasteiger partial charge in [0.25, 0.3) is 0 Å². The average molecular weight is 551 g/mol. The summed E-state index contributed by atoms with van der Waals surface area (Å²) in [4.78, 5) is 28.0. The SMILES string of the molecule is CC1CN(CC(Cc2ccccc2)C(=O)NCC(=O)OCc2ccccc2)CCC1(C)c1cccc(O)c1.Cl. The van der Waals surface area contributed by atoms with E-state index in [0.717, 1.165) is 36.2 Å². The van der Waals surface area contributed by atoms with Crippen molar-refractivity contribution in [2.45, 2.75) is 38.7 Å².